The minimum Gasteiger partial charge on any atom is -0.477 e. The summed E-state index contributed by atoms with van der Waals surface area (Å²) in [5.41, 5.74) is -0.884. The Kier molecular flexibility index (Phi) is 5.19. The SMILES string of the molecule is CCN(CCOC)c1cc(C(=O)O)c([N+](=O)[O-])cn1. The number of nitrogens with zero attached hydrogens (tertiary/aromatic N) is 3. The molecule has 0 amide bonds. The van der Waals surface area contributed by atoms with E-state index < -0.39 is 16.6 Å². The maximum absolute atomic E-state index is 11.0. The number of carboxylic acids is 1. The van der Waals surface area contributed by atoms with Gasteiger partial charge in [-0.1, -0.05) is 0 Å². The Morgan fingerprint density at radius 1 is 1.63 bits per heavy atom. The second kappa shape index (κ2) is 6.64. The molecule has 1 rings (SSSR count). The van der Waals surface area contributed by atoms with Crippen LogP contribution in [-0.2, 0) is 4.74 Å². The number of carboxylic acid groups (broad SMARTS) is 1. The first-order valence-corrected chi connectivity index (χ1v) is 5.62. The fourth-order valence-electron chi connectivity index (χ4n) is 1.56. The highest BCUT2D eigenvalue weighted by atomic mass is 16.6. The topological polar surface area (TPSA) is 106 Å². The molecular formula is C11H15N3O5. The van der Waals surface area contributed by atoms with E-state index in [4.69, 9.17) is 9.84 Å². The number of rotatable bonds is 7. The van der Waals surface area contributed by atoms with Gasteiger partial charge in [0.1, 0.15) is 17.6 Å². The fourth-order valence-corrected chi connectivity index (χ4v) is 1.56. The smallest absolute Gasteiger partial charge is 0.342 e. The van der Waals surface area contributed by atoms with Gasteiger partial charge in [-0.05, 0) is 6.92 Å². The molecule has 1 aromatic heterocycles. The lowest BCUT2D eigenvalue weighted by atomic mass is 10.2. The highest BCUT2D eigenvalue weighted by Crippen LogP contribution is 2.22. The van der Waals surface area contributed by atoms with Crippen molar-refractivity contribution in [1.29, 1.82) is 0 Å². The molecule has 0 aliphatic heterocycles. The Morgan fingerprint density at radius 3 is 2.79 bits per heavy atom. The summed E-state index contributed by atoms with van der Waals surface area (Å²) in [4.78, 5) is 26.7. The van der Waals surface area contributed by atoms with Gasteiger partial charge in [-0.2, -0.15) is 0 Å². The van der Waals surface area contributed by atoms with Gasteiger partial charge in [0.05, 0.1) is 11.5 Å². The van der Waals surface area contributed by atoms with Crippen LogP contribution in [0.5, 0.6) is 0 Å². The summed E-state index contributed by atoms with van der Waals surface area (Å²) in [5.74, 6) is -0.972. The quantitative estimate of drug-likeness (QED) is 0.584. The van der Waals surface area contributed by atoms with Crippen molar-refractivity contribution in [3.8, 4) is 0 Å². The summed E-state index contributed by atoms with van der Waals surface area (Å²) in [6.45, 7) is 3.44. The Balaban J connectivity index is 3.13. The van der Waals surface area contributed by atoms with Crippen LogP contribution in [0.2, 0.25) is 0 Å². The zero-order chi connectivity index (χ0) is 14.4. The molecule has 0 spiro atoms. The van der Waals surface area contributed by atoms with Gasteiger partial charge >= 0.3 is 11.7 Å². The molecule has 1 N–H and O–H groups in total. The number of anilines is 1. The number of aromatic nitrogens is 1. The molecule has 0 atom stereocenters. The van der Waals surface area contributed by atoms with E-state index in [0.29, 0.717) is 25.5 Å². The van der Waals surface area contributed by atoms with E-state index in [1.54, 1.807) is 12.0 Å². The lowest BCUT2D eigenvalue weighted by Gasteiger charge is -2.21. The predicted molar refractivity (Wildman–Crippen MR) is 67.6 cm³/mol. The molecule has 19 heavy (non-hydrogen) atoms. The molecule has 0 bridgehead atoms. The van der Waals surface area contributed by atoms with Gasteiger partial charge in [-0.3, -0.25) is 10.1 Å². The van der Waals surface area contributed by atoms with E-state index in [1.807, 2.05) is 6.92 Å². The van der Waals surface area contributed by atoms with E-state index >= 15 is 0 Å². The molecule has 8 nitrogen and oxygen atoms in total. The average molecular weight is 269 g/mol. The first-order valence-electron chi connectivity index (χ1n) is 5.62. The third-order valence-corrected chi connectivity index (χ3v) is 2.57. The van der Waals surface area contributed by atoms with Crippen molar-refractivity contribution in [3.63, 3.8) is 0 Å². The van der Waals surface area contributed by atoms with Gasteiger partial charge in [0.15, 0.2) is 0 Å². The third kappa shape index (κ3) is 3.62. The van der Waals surface area contributed by atoms with Crippen molar-refractivity contribution in [1.82, 2.24) is 4.98 Å². The van der Waals surface area contributed by atoms with Gasteiger partial charge in [0, 0.05) is 26.3 Å². The molecular weight excluding hydrogens is 254 g/mol. The summed E-state index contributed by atoms with van der Waals surface area (Å²) in [6.07, 6.45) is 0.967. The molecule has 0 aliphatic carbocycles. The summed E-state index contributed by atoms with van der Waals surface area (Å²) in [6, 6.07) is 1.21. The van der Waals surface area contributed by atoms with Crippen molar-refractivity contribution < 1.29 is 19.6 Å². The minimum atomic E-state index is -1.35. The van der Waals surface area contributed by atoms with Crippen LogP contribution in [0.3, 0.4) is 0 Å². The van der Waals surface area contributed by atoms with Crippen LogP contribution >= 0.6 is 0 Å². The monoisotopic (exact) mass is 269 g/mol. The third-order valence-electron chi connectivity index (χ3n) is 2.57. The second-order valence-electron chi connectivity index (χ2n) is 3.69. The first kappa shape index (κ1) is 14.8. The maximum Gasteiger partial charge on any atom is 0.342 e. The van der Waals surface area contributed by atoms with Crippen LogP contribution in [-0.4, -0.2) is 47.8 Å². The minimum absolute atomic E-state index is 0.370. The Morgan fingerprint density at radius 2 is 2.32 bits per heavy atom. The lowest BCUT2D eigenvalue weighted by Crippen LogP contribution is -2.28. The number of aromatic carboxylic acids is 1. The summed E-state index contributed by atoms with van der Waals surface area (Å²) < 4.78 is 4.94. The second-order valence-corrected chi connectivity index (χ2v) is 3.69. The molecule has 0 unspecified atom stereocenters. The molecule has 8 heteroatoms. The predicted octanol–water partition coefficient (Wildman–Crippen LogP) is 1.16. The van der Waals surface area contributed by atoms with Gasteiger partial charge in [-0.15, -0.1) is 0 Å². The van der Waals surface area contributed by atoms with Crippen LogP contribution in [0, 0.1) is 10.1 Å². The van der Waals surface area contributed by atoms with Gasteiger partial charge in [0.25, 0.3) is 0 Å². The van der Waals surface area contributed by atoms with Gasteiger partial charge in [0.2, 0.25) is 0 Å². The highest BCUT2D eigenvalue weighted by molar-refractivity contribution is 5.93. The molecule has 0 saturated heterocycles. The molecule has 1 aromatic rings. The number of methoxy groups -OCH3 is 1. The standard InChI is InChI=1S/C11H15N3O5/c1-3-13(4-5-19-2)10-6-8(11(15)16)9(7-12-10)14(17)18/h6-7H,3-5H2,1-2H3,(H,15,16). The van der Waals surface area contributed by atoms with Crippen LogP contribution < -0.4 is 4.90 Å². The lowest BCUT2D eigenvalue weighted by molar-refractivity contribution is -0.385. The number of hydrogen-bond acceptors (Lipinski definition) is 6. The van der Waals surface area contributed by atoms with Crippen molar-refractivity contribution in [2.45, 2.75) is 6.92 Å². The molecule has 104 valence electrons. The van der Waals surface area contributed by atoms with Crippen molar-refractivity contribution in [3.05, 3.63) is 27.9 Å². The molecule has 1 heterocycles. The first-order chi connectivity index (χ1) is 9.01. The highest BCUT2D eigenvalue weighted by Gasteiger charge is 2.22. The van der Waals surface area contributed by atoms with E-state index in [2.05, 4.69) is 4.98 Å². The van der Waals surface area contributed by atoms with E-state index in [-0.39, 0.29) is 5.56 Å². The summed E-state index contributed by atoms with van der Waals surface area (Å²) in [5, 5.41) is 19.7. The number of hydrogen-bond donors (Lipinski definition) is 1. The molecule has 0 aromatic carbocycles. The van der Waals surface area contributed by atoms with Gasteiger partial charge in [-0.25, -0.2) is 9.78 Å². The average Bonchev–Trinajstić information content (AvgIpc) is 2.39. The van der Waals surface area contributed by atoms with Crippen molar-refractivity contribution in [2.75, 3.05) is 31.7 Å². The fraction of sp³-hybridized carbons (Fsp3) is 0.455. The van der Waals surface area contributed by atoms with Crippen LogP contribution in [0.4, 0.5) is 11.5 Å². The van der Waals surface area contributed by atoms with Gasteiger partial charge < -0.3 is 14.7 Å². The number of carbonyl (C=O) groups is 1. The Labute approximate surface area is 109 Å². The number of nitro groups is 1. The molecule has 0 radical (unpaired) electrons. The Hall–Kier alpha value is -2.22. The van der Waals surface area contributed by atoms with E-state index in [0.717, 1.165) is 6.20 Å². The van der Waals surface area contributed by atoms with Crippen LogP contribution in [0.25, 0.3) is 0 Å². The summed E-state index contributed by atoms with van der Waals surface area (Å²) in [7, 11) is 1.56. The largest absolute Gasteiger partial charge is 0.477 e. The molecule has 0 fully saturated rings. The van der Waals surface area contributed by atoms with E-state index in [1.165, 1.54) is 6.07 Å². The molecule has 0 aliphatic rings. The molecule has 0 saturated carbocycles. The zero-order valence-electron chi connectivity index (χ0n) is 10.7. The number of pyridine rings is 1. The maximum atomic E-state index is 11.0. The van der Waals surface area contributed by atoms with Crippen molar-refractivity contribution in [2.24, 2.45) is 0 Å². The van der Waals surface area contributed by atoms with Crippen LogP contribution in [0.1, 0.15) is 17.3 Å². The number of ether oxygens (including phenoxy) is 1. The van der Waals surface area contributed by atoms with Crippen molar-refractivity contribution >= 4 is 17.5 Å². The summed E-state index contributed by atoms with van der Waals surface area (Å²) >= 11 is 0. The van der Waals surface area contributed by atoms with Crippen LogP contribution in [0.15, 0.2) is 12.3 Å². The van der Waals surface area contributed by atoms with E-state index in [9.17, 15) is 14.9 Å². The zero-order valence-corrected chi connectivity index (χ0v) is 10.7. The Bertz CT molecular complexity index is 477. The normalized spacial score (nSPS) is 10.2. The number of likely N-dealkylation sites (N-methyl/N-ethyl adjacent to an activating group) is 1.